The van der Waals surface area contributed by atoms with Gasteiger partial charge in [0.15, 0.2) is 4.34 Å². The summed E-state index contributed by atoms with van der Waals surface area (Å²) in [5, 5.41) is 14.4. The standard InChI is InChI=1S/C18H21N5O2S2/c1-5-10-19-16-21-22-17(27-16)26-11(2)14(24)23-13-9-7-6-8-12(13)20-15(25)18(23,3)4/h5-9,11H,1,10H2,2-4H3,(H,19,21)(H,20,25)/t11-/m0/s1. The van der Waals surface area contributed by atoms with E-state index in [1.807, 2.05) is 25.1 Å². The molecule has 2 N–H and O–H groups in total. The molecule has 27 heavy (non-hydrogen) atoms. The van der Waals surface area contributed by atoms with E-state index in [-0.39, 0.29) is 11.8 Å². The van der Waals surface area contributed by atoms with Gasteiger partial charge in [-0.25, -0.2) is 0 Å². The van der Waals surface area contributed by atoms with E-state index in [0.717, 1.165) is 0 Å². The minimum Gasteiger partial charge on any atom is -0.357 e. The number of hydrogen-bond acceptors (Lipinski definition) is 7. The lowest BCUT2D eigenvalue weighted by Crippen LogP contribution is -2.60. The van der Waals surface area contributed by atoms with Crippen LogP contribution in [-0.4, -0.2) is 39.3 Å². The molecule has 2 heterocycles. The van der Waals surface area contributed by atoms with E-state index in [4.69, 9.17) is 0 Å². The number of thioether (sulfide) groups is 1. The van der Waals surface area contributed by atoms with Crippen molar-refractivity contribution < 1.29 is 9.59 Å². The van der Waals surface area contributed by atoms with E-state index in [0.29, 0.717) is 27.4 Å². The third-order valence-electron chi connectivity index (χ3n) is 4.16. The molecule has 0 radical (unpaired) electrons. The van der Waals surface area contributed by atoms with E-state index in [1.165, 1.54) is 23.1 Å². The first kappa shape index (κ1) is 19.4. The van der Waals surface area contributed by atoms with Crippen LogP contribution >= 0.6 is 23.1 Å². The van der Waals surface area contributed by atoms with Gasteiger partial charge in [-0.05, 0) is 32.9 Å². The quantitative estimate of drug-likeness (QED) is 0.568. The normalized spacial score (nSPS) is 16.3. The van der Waals surface area contributed by atoms with E-state index >= 15 is 0 Å². The van der Waals surface area contributed by atoms with Gasteiger partial charge in [-0.15, -0.1) is 16.8 Å². The second-order valence-corrected chi connectivity index (χ2v) is 9.07. The Morgan fingerprint density at radius 3 is 2.93 bits per heavy atom. The highest BCUT2D eigenvalue weighted by atomic mass is 32.2. The molecule has 9 heteroatoms. The van der Waals surface area contributed by atoms with Gasteiger partial charge in [0.2, 0.25) is 16.9 Å². The molecule has 0 saturated carbocycles. The first-order chi connectivity index (χ1) is 12.8. The number of nitrogens with zero attached hydrogens (tertiary/aromatic N) is 3. The summed E-state index contributed by atoms with van der Waals surface area (Å²) in [6.07, 6.45) is 1.74. The maximum atomic E-state index is 13.3. The van der Waals surface area contributed by atoms with Crippen LogP contribution in [0, 0.1) is 0 Å². The Morgan fingerprint density at radius 1 is 1.44 bits per heavy atom. The van der Waals surface area contributed by atoms with Gasteiger partial charge in [0, 0.05) is 6.54 Å². The summed E-state index contributed by atoms with van der Waals surface area (Å²) in [5.74, 6) is -0.360. The lowest BCUT2D eigenvalue weighted by Gasteiger charge is -2.42. The SMILES string of the molecule is C=CCNc1nnc(S[C@@H](C)C(=O)N2c3ccccc3NC(=O)C2(C)C)s1. The van der Waals surface area contributed by atoms with Gasteiger partial charge in [0.25, 0.3) is 0 Å². The summed E-state index contributed by atoms with van der Waals surface area (Å²) in [7, 11) is 0. The molecule has 3 rings (SSSR count). The zero-order chi connectivity index (χ0) is 19.6. The third kappa shape index (κ3) is 3.84. The van der Waals surface area contributed by atoms with Crippen molar-refractivity contribution in [1.29, 1.82) is 0 Å². The number of para-hydroxylation sites is 2. The maximum Gasteiger partial charge on any atom is 0.250 e. The number of hydrogen-bond donors (Lipinski definition) is 2. The number of benzene rings is 1. The van der Waals surface area contributed by atoms with Crippen LogP contribution in [0.25, 0.3) is 0 Å². The highest BCUT2D eigenvalue weighted by Crippen LogP contribution is 2.39. The molecule has 0 saturated heterocycles. The van der Waals surface area contributed by atoms with Crippen molar-refractivity contribution in [2.75, 3.05) is 22.1 Å². The number of carbonyl (C=O) groups is 2. The first-order valence-electron chi connectivity index (χ1n) is 8.44. The van der Waals surface area contributed by atoms with Crippen LogP contribution in [0.5, 0.6) is 0 Å². The smallest absolute Gasteiger partial charge is 0.250 e. The number of rotatable bonds is 6. The number of amides is 2. The Balaban J connectivity index is 1.82. The molecule has 0 bridgehead atoms. The van der Waals surface area contributed by atoms with Crippen LogP contribution in [0.2, 0.25) is 0 Å². The molecule has 7 nitrogen and oxygen atoms in total. The van der Waals surface area contributed by atoms with Crippen molar-refractivity contribution in [1.82, 2.24) is 10.2 Å². The molecule has 1 aliphatic heterocycles. The summed E-state index contributed by atoms with van der Waals surface area (Å²) < 4.78 is 0.690. The second kappa shape index (κ2) is 7.69. The van der Waals surface area contributed by atoms with Crippen LogP contribution in [0.1, 0.15) is 20.8 Å². The van der Waals surface area contributed by atoms with Gasteiger partial charge in [-0.1, -0.05) is 41.3 Å². The predicted octanol–water partition coefficient (Wildman–Crippen LogP) is 3.38. The molecule has 1 aromatic heterocycles. The van der Waals surface area contributed by atoms with Crippen molar-refractivity contribution in [3.8, 4) is 0 Å². The molecular formula is C18H21N5O2S2. The van der Waals surface area contributed by atoms with Crippen molar-refractivity contribution in [2.24, 2.45) is 0 Å². The molecule has 0 aliphatic carbocycles. The molecule has 0 unspecified atom stereocenters. The number of nitrogens with one attached hydrogen (secondary N) is 2. The predicted molar refractivity (Wildman–Crippen MR) is 111 cm³/mol. The van der Waals surface area contributed by atoms with E-state index in [1.54, 1.807) is 30.9 Å². The first-order valence-corrected chi connectivity index (χ1v) is 10.1. The van der Waals surface area contributed by atoms with Gasteiger partial charge < -0.3 is 10.6 Å². The number of carbonyl (C=O) groups excluding carboxylic acids is 2. The summed E-state index contributed by atoms with van der Waals surface area (Å²) >= 11 is 2.72. The topological polar surface area (TPSA) is 87.2 Å². The minimum atomic E-state index is -0.988. The van der Waals surface area contributed by atoms with Crippen LogP contribution < -0.4 is 15.5 Å². The Kier molecular flexibility index (Phi) is 5.52. The Hall–Kier alpha value is -2.39. The fraction of sp³-hybridized carbons (Fsp3) is 0.333. The molecular weight excluding hydrogens is 382 g/mol. The zero-order valence-electron chi connectivity index (χ0n) is 15.4. The lowest BCUT2D eigenvalue weighted by atomic mass is 9.96. The summed E-state index contributed by atoms with van der Waals surface area (Å²) in [6, 6.07) is 7.32. The van der Waals surface area contributed by atoms with Crippen molar-refractivity contribution >= 4 is 51.4 Å². The van der Waals surface area contributed by atoms with E-state index in [9.17, 15) is 9.59 Å². The molecule has 2 aromatic rings. The summed E-state index contributed by atoms with van der Waals surface area (Å²) in [6.45, 7) is 9.56. The zero-order valence-corrected chi connectivity index (χ0v) is 17.0. The van der Waals surface area contributed by atoms with Crippen molar-refractivity contribution in [2.45, 2.75) is 35.9 Å². The van der Waals surface area contributed by atoms with Crippen molar-refractivity contribution in [3.05, 3.63) is 36.9 Å². The molecule has 0 fully saturated rings. The van der Waals surface area contributed by atoms with Gasteiger partial charge >= 0.3 is 0 Å². The minimum absolute atomic E-state index is 0.150. The third-order valence-corrected chi connectivity index (χ3v) is 6.21. The average molecular weight is 404 g/mol. The van der Waals surface area contributed by atoms with Gasteiger partial charge in [0.05, 0.1) is 16.6 Å². The largest absolute Gasteiger partial charge is 0.357 e. The van der Waals surface area contributed by atoms with E-state index < -0.39 is 10.8 Å². The fourth-order valence-electron chi connectivity index (χ4n) is 2.72. The fourth-order valence-corrected chi connectivity index (χ4v) is 4.66. The average Bonchev–Trinajstić information content (AvgIpc) is 3.07. The molecule has 1 aliphatic rings. The van der Waals surface area contributed by atoms with E-state index in [2.05, 4.69) is 27.4 Å². The van der Waals surface area contributed by atoms with Crippen LogP contribution in [0.3, 0.4) is 0 Å². The molecule has 1 atom stereocenters. The molecule has 142 valence electrons. The molecule has 2 amide bonds. The number of fused-ring (bicyclic) bond motifs is 1. The van der Waals surface area contributed by atoms with Crippen LogP contribution in [0.15, 0.2) is 41.3 Å². The van der Waals surface area contributed by atoms with Crippen molar-refractivity contribution in [3.63, 3.8) is 0 Å². The highest BCUT2D eigenvalue weighted by molar-refractivity contribution is 8.02. The summed E-state index contributed by atoms with van der Waals surface area (Å²) in [5.41, 5.74) is 0.349. The summed E-state index contributed by atoms with van der Waals surface area (Å²) in [4.78, 5) is 27.4. The lowest BCUT2D eigenvalue weighted by molar-refractivity contribution is -0.126. The Labute approximate surface area is 166 Å². The number of anilines is 3. The number of aromatic nitrogens is 2. The van der Waals surface area contributed by atoms with Crippen LogP contribution in [0.4, 0.5) is 16.5 Å². The Bertz CT molecular complexity index is 880. The molecule has 1 aromatic carbocycles. The monoisotopic (exact) mass is 403 g/mol. The van der Waals surface area contributed by atoms with Gasteiger partial charge in [0.1, 0.15) is 5.54 Å². The molecule has 0 spiro atoms. The second-order valence-electron chi connectivity index (χ2n) is 6.51. The van der Waals surface area contributed by atoms with Crippen LogP contribution in [-0.2, 0) is 9.59 Å². The maximum absolute atomic E-state index is 13.3. The van der Waals surface area contributed by atoms with Gasteiger partial charge in [-0.3, -0.25) is 14.5 Å². The highest BCUT2D eigenvalue weighted by Gasteiger charge is 2.44. The Morgan fingerprint density at radius 2 is 2.19 bits per heavy atom. The van der Waals surface area contributed by atoms with Gasteiger partial charge in [-0.2, -0.15) is 0 Å².